The van der Waals surface area contributed by atoms with Crippen LogP contribution in [0.1, 0.15) is 9.67 Å². The third kappa shape index (κ3) is 4.75. The lowest BCUT2D eigenvalue weighted by Gasteiger charge is -2.34. The quantitative estimate of drug-likeness (QED) is 0.719. The highest BCUT2D eigenvalue weighted by Crippen LogP contribution is 2.21. The molecule has 10 heteroatoms. The van der Waals surface area contributed by atoms with E-state index in [2.05, 4.69) is 21.2 Å². The highest BCUT2D eigenvalue weighted by Gasteiger charge is 2.30. The van der Waals surface area contributed by atoms with Crippen LogP contribution in [0.3, 0.4) is 0 Å². The number of nitrogens with one attached hydrogen (secondary N) is 1. The predicted octanol–water partition coefficient (Wildman–Crippen LogP) is 1.77. The van der Waals surface area contributed by atoms with Crippen molar-refractivity contribution in [1.29, 1.82) is 0 Å². The summed E-state index contributed by atoms with van der Waals surface area (Å²) in [5.74, 6) is -0.506. The third-order valence-corrected chi connectivity index (χ3v) is 7.43. The molecule has 0 saturated carbocycles. The number of thiophene rings is 1. The van der Waals surface area contributed by atoms with Gasteiger partial charge in [-0.1, -0.05) is 28.1 Å². The Labute approximate surface area is 170 Å². The van der Waals surface area contributed by atoms with Gasteiger partial charge in [0.2, 0.25) is 15.9 Å². The van der Waals surface area contributed by atoms with E-state index >= 15 is 0 Å². The molecule has 1 fully saturated rings. The lowest BCUT2D eigenvalue weighted by Crippen LogP contribution is -2.52. The first kappa shape index (κ1) is 20.0. The van der Waals surface area contributed by atoms with Crippen molar-refractivity contribution in [1.82, 2.24) is 14.5 Å². The molecule has 0 bridgehead atoms. The molecule has 2 heterocycles. The van der Waals surface area contributed by atoms with E-state index in [4.69, 9.17) is 0 Å². The molecule has 0 aliphatic carbocycles. The highest BCUT2D eigenvalue weighted by atomic mass is 79.9. The van der Waals surface area contributed by atoms with Gasteiger partial charge >= 0.3 is 0 Å². The van der Waals surface area contributed by atoms with Crippen molar-refractivity contribution in [3.63, 3.8) is 0 Å². The molecule has 1 aliphatic heterocycles. The van der Waals surface area contributed by atoms with E-state index in [0.29, 0.717) is 22.4 Å². The van der Waals surface area contributed by atoms with Crippen LogP contribution in [-0.2, 0) is 14.8 Å². The fourth-order valence-corrected chi connectivity index (χ4v) is 5.38. The van der Waals surface area contributed by atoms with Crippen molar-refractivity contribution in [3.8, 4) is 0 Å². The van der Waals surface area contributed by atoms with Crippen LogP contribution in [0.4, 0.5) is 0 Å². The first-order chi connectivity index (χ1) is 12.9. The zero-order valence-electron chi connectivity index (χ0n) is 14.3. The molecule has 1 aliphatic rings. The molecule has 2 aromatic rings. The number of sulfonamides is 1. The largest absolute Gasteiger partial charge is 0.342 e. The standard InChI is InChI=1S/C17H18BrN3O4S2/c18-13-3-1-4-14(11-13)27(24,25)21-8-6-20(7-9-21)16(22)12-19-17(23)15-5-2-10-26-15/h1-5,10-11H,6-9,12H2,(H,19,23). The van der Waals surface area contributed by atoms with E-state index in [-0.39, 0.29) is 36.3 Å². The number of carbonyl (C=O) groups is 2. The van der Waals surface area contributed by atoms with Gasteiger partial charge in [-0.2, -0.15) is 4.31 Å². The minimum absolute atomic E-state index is 0.102. The summed E-state index contributed by atoms with van der Waals surface area (Å²) in [5, 5.41) is 4.39. The van der Waals surface area contributed by atoms with Gasteiger partial charge in [0.1, 0.15) is 0 Å². The van der Waals surface area contributed by atoms with Crippen LogP contribution in [0.2, 0.25) is 0 Å². The summed E-state index contributed by atoms with van der Waals surface area (Å²) in [6.07, 6.45) is 0. The molecular weight excluding hydrogens is 454 g/mol. The van der Waals surface area contributed by atoms with Crippen LogP contribution in [0.15, 0.2) is 51.1 Å². The zero-order chi connectivity index (χ0) is 19.4. The minimum Gasteiger partial charge on any atom is -0.342 e. The summed E-state index contributed by atoms with van der Waals surface area (Å²) >= 11 is 4.59. The first-order valence-corrected chi connectivity index (χ1v) is 11.3. The maximum Gasteiger partial charge on any atom is 0.261 e. The fraction of sp³-hybridized carbons (Fsp3) is 0.294. The molecule has 0 radical (unpaired) electrons. The zero-order valence-corrected chi connectivity index (χ0v) is 17.5. The Morgan fingerprint density at radius 2 is 1.85 bits per heavy atom. The first-order valence-electron chi connectivity index (χ1n) is 8.23. The average Bonchev–Trinajstić information content (AvgIpc) is 3.21. The van der Waals surface area contributed by atoms with Crippen LogP contribution in [-0.4, -0.2) is 62.2 Å². The maximum absolute atomic E-state index is 12.7. The van der Waals surface area contributed by atoms with Crippen LogP contribution in [0.25, 0.3) is 0 Å². The van der Waals surface area contributed by atoms with Gasteiger partial charge in [-0.15, -0.1) is 11.3 Å². The Balaban J connectivity index is 1.54. The van der Waals surface area contributed by atoms with Gasteiger partial charge in [-0.25, -0.2) is 8.42 Å². The molecule has 1 aromatic heterocycles. The summed E-state index contributed by atoms with van der Waals surface area (Å²) < 4.78 is 27.5. The number of amides is 2. The van der Waals surface area contributed by atoms with Crippen molar-refractivity contribution in [3.05, 3.63) is 51.1 Å². The Bertz CT molecular complexity index is 923. The van der Waals surface area contributed by atoms with Crippen LogP contribution >= 0.6 is 27.3 Å². The summed E-state index contributed by atoms with van der Waals surface area (Å²) in [7, 11) is -3.59. The number of piperazine rings is 1. The van der Waals surface area contributed by atoms with E-state index in [0.717, 1.165) is 0 Å². The number of halogens is 1. The monoisotopic (exact) mass is 471 g/mol. The minimum atomic E-state index is -3.59. The van der Waals surface area contributed by atoms with Gasteiger partial charge in [0.05, 0.1) is 16.3 Å². The molecule has 0 atom stereocenters. The predicted molar refractivity (Wildman–Crippen MR) is 106 cm³/mol. The summed E-state index contributed by atoms with van der Waals surface area (Å²) in [6, 6.07) is 10.0. The molecule has 1 saturated heterocycles. The Morgan fingerprint density at radius 1 is 1.11 bits per heavy atom. The molecule has 2 amide bonds. The van der Waals surface area contributed by atoms with Gasteiger partial charge < -0.3 is 10.2 Å². The lowest BCUT2D eigenvalue weighted by atomic mass is 10.3. The number of rotatable bonds is 5. The third-order valence-electron chi connectivity index (χ3n) is 4.17. The number of hydrogen-bond donors (Lipinski definition) is 1. The van der Waals surface area contributed by atoms with Crippen molar-refractivity contribution in [2.24, 2.45) is 0 Å². The van der Waals surface area contributed by atoms with Gasteiger partial charge in [-0.3, -0.25) is 9.59 Å². The second-order valence-electron chi connectivity index (χ2n) is 5.90. The fourth-order valence-electron chi connectivity index (χ4n) is 2.72. The van der Waals surface area contributed by atoms with Crippen LogP contribution in [0, 0.1) is 0 Å². The number of hydrogen-bond acceptors (Lipinski definition) is 5. The smallest absolute Gasteiger partial charge is 0.261 e. The van der Waals surface area contributed by atoms with E-state index < -0.39 is 10.0 Å². The lowest BCUT2D eigenvalue weighted by molar-refractivity contribution is -0.131. The van der Waals surface area contributed by atoms with Gasteiger partial charge in [-0.05, 0) is 29.6 Å². The second kappa shape index (κ2) is 8.51. The number of carbonyl (C=O) groups excluding carboxylic acids is 2. The van der Waals surface area contributed by atoms with E-state index in [1.165, 1.54) is 15.6 Å². The molecule has 7 nitrogen and oxygen atoms in total. The van der Waals surface area contributed by atoms with Gasteiger partial charge in [0.25, 0.3) is 5.91 Å². The molecule has 0 spiro atoms. The Morgan fingerprint density at radius 3 is 2.48 bits per heavy atom. The average molecular weight is 472 g/mol. The van der Waals surface area contributed by atoms with E-state index in [9.17, 15) is 18.0 Å². The van der Waals surface area contributed by atoms with Crippen molar-refractivity contribution in [2.75, 3.05) is 32.7 Å². The number of benzene rings is 1. The van der Waals surface area contributed by atoms with Crippen LogP contribution < -0.4 is 5.32 Å². The summed E-state index contributed by atoms with van der Waals surface area (Å²) in [6.45, 7) is 0.926. The number of nitrogens with zero attached hydrogens (tertiary/aromatic N) is 2. The molecule has 0 unspecified atom stereocenters. The second-order valence-corrected chi connectivity index (χ2v) is 9.70. The van der Waals surface area contributed by atoms with Crippen molar-refractivity contribution < 1.29 is 18.0 Å². The summed E-state index contributed by atoms with van der Waals surface area (Å²) in [4.78, 5) is 26.5. The van der Waals surface area contributed by atoms with Crippen molar-refractivity contribution >= 4 is 49.1 Å². The molecule has 144 valence electrons. The normalized spacial score (nSPS) is 15.5. The topological polar surface area (TPSA) is 86.8 Å². The van der Waals surface area contributed by atoms with Crippen molar-refractivity contribution in [2.45, 2.75) is 4.90 Å². The van der Waals surface area contributed by atoms with Crippen LogP contribution in [0.5, 0.6) is 0 Å². The molecule has 3 rings (SSSR count). The highest BCUT2D eigenvalue weighted by molar-refractivity contribution is 9.10. The SMILES string of the molecule is O=C(NCC(=O)N1CCN(S(=O)(=O)c2cccc(Br)c2)CC1)c1cccs1. The summed E-state index contributed by atoms with van der Waals surface area (Å²) in [5.41, 5.74) is 0. The molecule has 27 heavy (non-hydrogen) atoms. The molecule has 1 aromatic carbocycles. The molecular formula is C17H18BrN3O4S2. The van der Waals surface area contributed by atoms with Gasteiger partial charge in [0.15, 0.2) is 0 Å². The van der Waals surface area contributed by atoms with E-state index in [1.807, 2.05) is 0 Å². The van der Waals surface area contributed by atoms with E-state index in [1.54, 1.807) is 46.7 Å². The Hall–Kier alpha value is -1.75. The van der Waals surface area contributed by atoms with Gasteiger partial charge in [0, 0.05) is 30.7 Å². The molecule has 1 N–H and O–H groups in total. The maximum atomic E-state index is 12.7. The Kier molecular flexibility index (Phi) is 6.30.